The van der Waals surface area contributed by atoms with Gasteiger partial charge in [0, 0.05) is 24.5 Å². The Morgan fingerprint density at radius 3 is 2.29 bits per heavy atom. The number of hydrogen-bond donors (Lipinski definition) is 2. The van der Waals surface area contributed by atoms with Gasteiger partial charge < -0.3 is 15.5 Å². The van der Waals surface area contributed by atoms with E-state index in [-0.39, 0.29) is 11.9 Å². The van der Waals surface area contributed by atoms with Gasteiger partial charge in [0.1, 0.15) is 0 Å². The molecular formula is C18H21N3O2S. The molecule has 5 nitrogen and oxygen atoms in total. The zero-order valence-electron chi connectivity index (χ0n) is 13.5. The fourth-order valence-electron chi connectivity index (χ4n) is 2.75. The van der Waals surface area contributed by atoms with Crippen LogP contribution in [0.15, 0.2) is 41.8 Å². The van der Waals surface area contributed by atoms with Crippen molar-refractivity contribution in [2.75, 3.05) is 23.7 Å². The highest BCUT2D eigenvalue weighted by Crippen LogP contribution is 2.18. The van der Waals surface area contributed by atoms with E-state index in [1.807, 2.05) is 34.5 Å². The van der Waals surface area contributed by atoms with Crippen LogP contribution in [0.3, 0.4) is 0 Å². The van der Waals surface area contributed by atoms with Gasteiger partial charge >= 0.3 is 6.03 Å². The van der Waals surface area contributed by atoms with Crippen LogP contribution < -0.4 is 10.6 Å². The van der Waals surface area contributed by atoms with E-state index in [4.69, 9.17) is 0 Å². The van der Waals surface area contributed by atoms with E-state index in [0.29, 0.717) is 16.3 Å². The number of nitrogens with one attached hydrogen (secondary N) is 2. The molecule has 126 valence electrons. The Hall–Kier alpha value is -2.34. The topological polar surface area (TPSA) is 61.4 Å². The van der Waals surface area contributed by atoms with E-state index in [1.165, 1.54) is 24.2 Å². The molecule has 1 aromatic heterocycles. The third kappa shape index (κ3) is 4.35. The molecule has 0 bridgehead atoms. The van der Waals surface area contributed by atoms with Crippen molar-refractivity contribution in [1.82, 2.24) is 4.90 Å². The van der Waals surface area contributed by atoms with Crippen molar-refractivity contribution < 1.29 is 9.59 Å². The number of anilines is 2. The van der Waals surface area contributed by atoms with Crippen LogP contribution in [-0.4, -0.2) is 29.9 Å². The zero-order chi connectivity index (χ0) is 16.8. The van der Waals surface area contributed by atoms with Crippen molar-refractivity contribution in [2.24, 2.45) is 0 Å². The fraction of sp³-hybridized carbons (Fsp3) is 0.333. The van der Waals surface area contributed by atoms with Crippen LogP contribution in [0.5, 0.6) is 0 Å². The molecular weight excluding hydrogens is 322 g/mol. The molecule has 1 aliphatic heterocycles. The van der Waals surface area contributed by atoms with E-state index < -0.39 is 0 Å². The monoisotopic (exact) mass is 343 g/mol. The molecule has 1 fully saturated rings. The minimum Gasteiger partial charge on any atom is -0.325 e. The Morgan fingerprint density at radius 1 is 0.917 bits per heavy atom. The molecule has 2 N–H and O–H groups in total. The number of hydrogen-bond acceptors (Lipinski definition) is 3. The SMILES string of the molecule is O=C(Nc1cccc(NC(=O)N2CCCCCC2)c1)c1cccs1. The van der Waals surface area contributed by atoms with E-state index in [1.54, 1.807) is 12.1 Å². The Morgan fingerprint density at radius 2 is 1.62 bits per heavy atom. The summed E-state index contributed by atoms with van der Waals surface area (Å²) in [5.41, 5.74) is 1.36. The Bertz CT molecular complexity index is 692. The van der Waals surface area contributed by atoms with Gasteiger partial charge in [-0.15, -0.1) is 11.3 Å². The second-order valence-electron chi connectivity index (χ2n) is 5.84. The summed E-state index contributed by atoms with van der Waals surface area (Å²) in [6.07, 6.45) is 4.50. The Labute approximate surface area is 145 Å². The number of urea groups is 1. The lowest BCUT2D eigenvalue weighted by Gasteiger charge is -2.21. The van der Waals surface area contributed by atoms with Crippen molar-refractivity contribution in [2.45, 2.75) is 25.7 Å². The average Bonchev–Trinajstić information content (AvgIpc) is 2.98. The van der Waals surface area contributed by atoms with Gasteiger partial charge in [-0.2, -0.15) is 0 Å². The lowest BCUT2D eigenvalue weighted by Crippen LogP contribution is -2.35. The summed E-state index contributed by atoms with van der Waals surface area (Å²) >= 11 is 1.40. The molecule has 1 aromatic carbocycles. The number of carbonyl (C=O) groups is 2. The van der Waals surface area contributed by atoms with Gasteiger partial charge in [-0.1, -0.05) is 25.0 Å². The molecule has 2 aromatic rings. The minimum absolute atomic E-state index is 0.0707. The maximum Gasteiger partial charge on any atom is 0.321 e. The first-order chi connectivity index (χ1) is 11.7. The maximum absolute atomic E-state index is 12.4. The van der Waals surface area contributed by atoms with Crippen molar-refractivity contribution in [3.8, 4) is 0 Å². The zero-order valence-corrected chi connectivity index (χ0v) is 14.3. The molecule has 0 saturated carbocycles. The normalized spacial score (nSPS) is 14.8. The maximum atomic E-state index is 12.4. The Balaban J connectivity index is 1.62. The van der Waals surface area contributed by atoms with Crippen LogP contribution in [0.2, 0.25) is 0 Å². The first-order valence-electron chi connectivity index (χ1n) is 8.23. The van der Waals surface area contributed by atoms with E-state index >= 15 is 0 Å². The van der Waals surface area contributed by atoms with Gasteiger partial charge in [0.25, 0.3) is 5.91 Å². The van der Waals surface area contributed by atoms with Crippen molar-refractivity contribution in [1.29, 1.82) is 0 Å². The molecule has 0 atom stereocenters. The van der Waals surface area contributed by atoms with Gasteiger partial charge in [-0.25, -0.2) is 4.79 Å². The van der Waals surface area contributed by atoms with Crippen molar-refractivity contribution >= 4 is 34.6 Å². The fourth-order valence-corrected chi connectivity index (χ4v) is 3.37. The summed E-state index contributed by atoms with van der Waals surface area (Å²) in [6.45, 7) is 1.61. The third-order valence-electron chi connectivity index (χ3n) is 4.01. The largest absolute Gasteiger partial charge is 0.325 e. The van der Waals surface area contributed by atoms with Crippen LogP contribution in [0.4, 0.5) is 16.2 Å². The van der Waals surface area contributed by atoms with Crippen LogP contribution in [0.25, 0.3) is 0 Å². The smallest absolute Gasteiger partial charge is 0.321 e. The lowest BCUT2D eigenvalue weighted by molar-refractivity contribution is 0.103. The average molecular weight is 343 g/mol. The first kappa shape index (κ1) is 16.5. The molecule has 3 rings (SSSR count). The van der Waals surface area contributed by atoms with Gasteiger partial charge in [0.2, 0.25) is 0 Å². The van der Waals surface area contributed by atoms with Gasteiger partial charge in [0.15, 0.2) is 0 Å². The number of rotatable bonds is 3. The minimum atomic E-state index is -0.138. The number of carbonyl (C=O) groups excluding carboxylic acids is 2. The summed E-state index contributed by atoms with van der Waals surface area (Å²) < 4.78 is 0. The molecule has 6 heteroatoms. The quantitative estimate of drug-likeness (QED) is 0.867. The molecule has 0 radical (unpaired) electrons. The van der Waals surface area contributed by atoms with Crippen LogP contribution in [0.1, 0.15) is 35.4 Å². The predicted molar refractivity (Wildman–Crippen MR) is 97.8 cm³/mol. The molecule has 24 heavy (non-hydrogen) atoms. The Kier molecular flexibility index (Phi) is 5.48. The summed E-state index contributed by atoms with van der Waals surface area (Å²) in [4.78, 5) is 27.0. The van der Waals surface area contributed by atoms with Gasteiger partial charge in [-0.05, 0) is 42.5 Å². The standard InChI is InChI=1S/C18H21N3O2S/c22-17(16-9-6-12-24-16)19-14-7-5-8-15(13-14)20-18(23)21-10-3-1-2-4-11-21/h5-9,12-13H,1-4,10-11H2,(H,19,22)(H,20,23). The summed E-state index contributed by atoms with van der Waals surface area (Å²) in [6, 6.07) is 10.8. The van der Waals surface area contributed by atoms with E-state index in [9.17, 15) is 9.59 Å². The van der Waals surface area contributed by atoms with Gasteiger partial charge in [-0.3, -0.25) is 4.79 Å². The molecule has 3 amide bonds. The molecule has 1 saturated heterocycles. The summed E-state index contributed by atoms with van der Waals surface area (Å²) in [7, 11) is 0. The molecule has 1 aliphatic rings. The second kappa shape index (κ2) is 7.97. The summed E-state index contributed by atoms with van der Waals surface area (Å²) in [5.74, 6) is -0.138. The second-order valence-corrected chi connectivity index (χ2v) is 6.79. The predicted octanol–water partition coefficient (Wildman–Crippen LogP) is 4.41. The molecule has 0 unspecified atom stereocenters. The van der Waals surface area contributed by atoms with E-state index in [2.05, 4.69) is 10.6 Å². The number of thiophene rings is 1. The third-order valence-corrected chi connectivity index (χ3v) is 4.88. The number of likely N-dealkylation sites (tertiary alicyclic amines) is 1. The van der Waals surface area contributed by atoms with Crippen molar-refractivity contribution in [3.05, 3.63) is 46.7 Å². The number of amides is 3. The van der Waals surface area contributed by atoms with Crippen LogP contribution >= 0.6 is 11.3 Å². The van der Waals surface area contributed by atoms with E-state index in [0.717, 1.165) is 25.9 Å². The van der Waals surface area contributed by atoms with Crippen molar-refractivity contribution in [3.63, 3.8) is 0 Å². The summed E-state index contributed by atoms with van der Waals surface area (Å²) in [5, 5.41) is 7.65. The number of nitrogens with zero attached hydrogens (tertiary/aromatic N) is 1. The highest BCUT2D eigenvalue weighted by Gasteiger charge is 2.15. The highest BCUT2D eigenvalue weighted by molar-refractivity contribution is 7.12. The van der Waals surface area contributed by atoms with Gasteiger partial charge in [0.05, 0.1) is 4.88 Å². The molecule has 0 aliphatic carbocycles. The lowest BCUT2D eigenvalue weighted by atomic mass is 10.2. The number of benzene rings is 1. The van der Waals surface area contributed by atoms with Crippen LogP contribution in [-0.2, 0) is 0 Å². The van der Waals surface area contributed by atoms with Crippen LogP contribution in [0, 0.1) is 0 Å². The molecule has 2 heterocycles. The molecule has 0 spiro atoms. The first-order valence-corrected chi connectivity index (χ1v) is 9.11. The highest BCUT2D eigenvalue weighted by atomic mass is 32.1.